The van der Waals surface area contributed by atoms with Crippen LogP contribution in [0.5, 0.6) is 0 Å². The molecule has 0 saturated carbocycles. The van der Waals surface area contributed by atoms with E-state index < -0.39 is 17.7 Å². The molecule has 0 radical (unpaired) electrons. The van der Waals surface area contributed by atoms with Crippen molar-refractivity contribution in [1.82, 2.24) is 15.0 Å². The van der Waals surface area contributed by atoms with Crippen molar-refractivity contribution in [2.45, 2.75) is 26.6 Å². The summed E-state index contributed by atoms with van der Waals surface area (Å²) < 4.78 is 44.1. The molecule has 0 atom stereocenters. The number of halogens is 3. The Morgan fingerprint density at radius 3 is 2.50 bits per heavy atom. The summed E-state index contributed by atoms with van der Waals surface area (Å²) in [5.41, 5.74) is 0.341. The van der Waals surface area contributed by atoms with E-state index in [1.54, 1.807) is 26.0 Å². The van der Waals surface area contributed by atoms with Gasteiger partial charge in [0.1, 0.15) is 5.69 Å². The molecule has 0 aliphatic heterocycles. The van der Waals surface area contributed by atoms with Crippen molar-refractivity contribution >= 4 is 12.0 Å². The number of ether oxygens (including phenoxy) is 1. The molecule has 0 aliphatic rings. The molecule has 1 aromatic carbocycles. The van der Waals surface area contributed by atoms with Gasteiger partial charge in [0.15, 0.2) is 5.69 Å². The van der Waals surface area contributed by atoms with E-state index in [-0.39, 0.29) is 18.8 Å². The summed E-state index contributed by atoms with van der Waals surface area (Å²) >= 11 is 0. The lowest BCUT2D eigenvalue weighted by atomic mass is 10.1. The molecule has 0 unspecified atom stereocenters. The minimum atomic E-state index is -4.39. The number of carbonyl (C=O) groups excluding carboxylic acids is 1. The second-order valence-corrected chi connectivity index (χ2v) is 4.90. The number of aromatic nitrogens is 3. The molecule has 128 valence electrons. The Kier molecular flexibility index (Phi) is 5.38. The van der Waals surface area contributed by atoms with Gasteiger partial charge in [-0.1, -0.05) is 23.4 Å². The normalized spacial score (nSPS) is 11.9. The summed E-state index contributed by atoms with van der Waals surface area (Å²) in [7, 11) is 0. The molecule has 0 fully saturated rings. The van der Waals surface area contributed by atoms with Crippen molar-refractivity contribution in [3.8, 4) is 0 Å². The Labute approximate surface area is 136 Å². The van der Waals surface area contributed by atoms with Crippen LogP contribution in [0.3, 0.4) is 0 Å². The first kappa shape index (κ1) is 17.7. The average Bonchev–Trinajstić information content (AvgIpc) is 2.90. The third-order valence-electron chi connectivity index (χ3n) is 3.17. The molecule has 0 N–H and O–H groups in total. The molecule has 1 aromatic heterocycles. The number of alkyl halides is 3. The number of hydrogen-bond acceptors (Lipinski definition) is 4. The summed E-state index contributed by atoms with van der Waals surface area (Å²) in [6.45, 7) is 3.75. The molecule has 0 saturated heterocycles. The van der Waals surface area contributed by atoms with Gasteiger partial charge in [-0.05, 0) is 37.6 Å². The summed E-state index contributed by atoms with van der Waals surface area (Å²) in [5.74, 6) is -0.581. The van der Waals surface area contributed by atoms with Gasteiger partial charge in [-0.15, -0.1) is 5.10 Å². The maximum atomic E-state index is 12.6. The third-order valence-corrected chi connectivity index (χ3v) is 3.17. The van der Waals surface area contributed by atoms with Gasteiger partial charge in [0.05, 0.1) is 18.7 Å². The number of hydrogen-bond donors (Lipinski definition) is 0. The second kappa shape index (κ2) is 7.29. The highest BCUT2D eigenvalue weighted by Crippen LogP contribution is 2.29. The van der Waals surface area contributed by atoms with Gasteiger partial charge in [0.2, 0.25) is 0 Å². The zero-order valence-electron chi connectivity index (χ0n) is 13.2. The molecule has 2 aromatic rings. The largest absolute Gasteiger partial charge is 0.461 e. The van der Waals surface area contributed by atoms with Crippen molar-refractivity contribution in [2.75, 3.05) is 6.61 Å². The molecule has 0 bridgehead atoms. The molecular weight excluding hydrogens is 323 g/mol. The number of carbonyl (C=O) groups is 1. The van der Waals surface area contributed by atoms with Crippen molar-refractivity contribution in [1.29, 1.82) is 0 Å². The van der Waals surface area contributed by atoms with Crippen molar-refractivity contribution < 1.29 is 22.7 Å². The zero-order chi connectivity index (χ0) is 17.7. The molecule has 0 aliphatic carbocycles. The van der Waals surface area contributed by atoms with E-state index in [0.29, 0.717) is 11.3 Å². The Morgan fingerprint density at radius 1 is 1.29 bits per heavy atom. The summed E-state index contributed by atoms with van der Waals surface area (Å²) in [5, 5.41) is 7.80. The lowest BCUT2D eigenvalue weighted by Crippen LogP contribution is -2.15. The summed E-state index contributed by atoms with van der Waals surface area (Å²) in [4.78, 5) is 12.1. The molecule has 2 rings (SSSR count). The predicted molar refractivity (Wildman–Crippen MR) is 81.2 cm³/mol. The number of esters is 1. The van der Waals surface area contributed by atoms with E-state index in [4.69, 9.17) is 4.74 Å². The highest BCUT2D eigenvalue weighted by atomic mass is 19.4. The maximum absolute atomic E-state index is 12.6. The van der Waals surface area contributed by atoms with Crippen LogP contribution in [-0.2, 0) is 17.5 Å². The summed E-state index contributed by atoms with van der Waals surface area (Å²) in [6, 6.07) is 4.66. The van der Waals surface area contributed by atoms with E-state index in [2.05, 4.69) is 10.3 Å². The van der Waals surface area contributed by atoms with Crippen molar-refractivity contribution in [3.63, 3.8) is 0 Å². The minimum Gasteiger partial charge on any atom is -0.461 e. The number of nitrogens with zero attached hydrogens (tertiary/aromatic N) is 3. The van der Waals surface area contributed by atoms with Crippen LogP contribution < -0.4 is 0 Å². The van der Waals surface area contributed by atoms with Gasteiger partial charge in [0.25, 0.3) is 0 Å². The highest BCUT2D eigenvalue weighted by molar-refractivity contribution is 5.91. The molecule has 5 nitrogen and oxygen atoms in total. The van der Waals surface area contributed by atoms with E-state index in [1.165, 1.54) is 16.8 Å². The van der Waals surface area contributed by atoms with Gasteiger partial charge >= 0.3 is 12.1 Å². The Hall–Kier alpha value is -2.64. The van der Waals surface area contributed by atoms with Crippen LogP contribution in [0.2, 0.25) is 0 Å². The molecule has 8 heteroatoms. The monoisotopic (exact) mass is 339 g/mol. The first-order valence-corrected chi connectivity index (χ1v) is 7.26. The van der Waals surface area contributed by atoms with Gasteiger partial charge < -0.3 is 4.74 Å². The first-order valence-electron chi connectivity index (χ1n) is 7.26. The molecule has 1 heterocycles. The predicted octanol–water partition coefficient (Wildman–Crippen LogP) is 3.56. The zero-order valence-corrected chi connectivity index (χ0v) is 13.2. The third kappa shape index (κ3) is 4.01. The maximum Gasteiger partial charge on any atom is 0.416 e. The molecular formula is C16H16F3N3O2. The number of benzene rings is 1. The van der Waals surface area contributed by atoms with E-state index >= 15 is 0 Å². The standard InChI is InChI=1S/C16H16F3N3O2/c1-3-5-13-14(15(23)24-4-2)22(21-20-13)10-11-6-8-12(9-7-11)16(17,18)19/h3,5-9H,4,10H2,1-2H3/b5-3+. The van der Waals surface area contributed by atoms with Crippen molar-refractivity contribution in [2.24, 2.45) is 0 Å². The van der Waals surface area contributed by atoms with Crippen LogP contribution in [0, 0.1) is 0 Å². The lowest BCUT2D eigenvalue weighted by Gasteiger charge is -2.09. The Morgan fingerprint density at radius 2 is 1.96 bits per heavy atom. The van der Waals surface area contributed by atoms with Crippen LogP contribution in [0.25, 0.3) is 6.08 Å². The van der Waals surface area contributed by atoms with Gasteiger partial charge in [-0.3, -0.25) is 0 Å². The van der Waals surface area contributed by atoms with Crippen LogP contribution >= 0.6 is 0 Å². The lowest BCUT2D eigenvalue weighted by molar-refractivity contribution is -0.137. The van der Waals surface area contributed by atoms with Gasteiger partial charge in [-0.2, -0.15) is 13.2 Å². The Bertz CT molecular complexity index is 734. The smallest absolute Gasteiger partial charge is 0.416 e. The minimum absolute atomic E-state index is 0.108. The van der Waals surface area contributed by atoms with Gasteiger partial charge in [-0.25, -0.2) is 9.48 Å². The van der Waals surface area contributed by atoms with E-state index in [0.717, 1.165) is 12.1 Å². The molecule has 24 heavy (non-hydrogen) atoms. The fraction of sp³-hybridized carbons (Fsp3) is 0.312. The van der Waals surface area contributed by atoms with Crippen molar-refractivity contribution in [3.05, 3.63) is 52.9 Å². The van der Waals surface area contributed by atoms with Crippen LogP contribution in [0.4, 0.5) is 13.2 Å². The highest BCUT2D eigenvalue weighted by Gasteiger charge is 2.30. The summed E-state index contributed by atoms with van der Waals surface area (Å²) in [6.07, 6.45) is -1.07. The molecule has 0 amide bonds. The van der Waals surface area contributed by atoms with Gasteiger partial charge in [0, 0.05) is 0 Å². The van der Waals surface area contributed by atoms with E-state index in [9.17, 15) is 18.0 Å². The topological polar surface area (TPSA) is 57.0 Å². The second-order valence-electron chi connectivity index (χ2n) is 4.90. The first-order chi connectivity index (χ1) is 11.4. The van der Waals surface area contributed by atoms with Crippen LogP contribution in [0.1, 0.15) is 41.2 Å². The fourth-order valence-corrected chi connectivity index (χ4v) is 2.09. The van der Waals surface area contributed by atoms with Crippen LogP contribution in [-0.4, -0.2) is 27.6 Å². The Balaban J connectivity index is 2.31. The average molecular weight is 339 g/mol. The number of allylic oxidation sites excluding steroid dienone is 1. The fourth-order valence-electron chi connectivity index (χ4n) is 2.09. The molecule has 0 spiro atoms. The SMILES string of the molecule is C/C=C/c1nnn(Cc2ccc(C(F)(F)F)cc2)c1C(=O)OCC. The van der Waals surface area contributed by atoms with Crippen LogP contribution in [0.15, 0.2) is 30.3 Å². The quantitative estimate of drug-likeness (QED) is 0.782. The van der Waals surface area contributed by atoms with E-state index in [1.807, 2.05) is 0 Å². The number of rotatable bonds is 5.